The molecule has 2 rings (SSSR count). The largest absolute Gasteiger partial charge is 0.368 e. The number of carbonyl (C=O) groups excluding carboxylic acids is 1. The van der Waals surface area contributed by atoms with E-state index in [0.717, 1.165) is 5.56 Å². The van der Waals surface area contributed by atoms with Crippen LogP contribution in [0.25, 0.3) is 0 Å². The molecule has 0 aromatic carbocycles. The molecule has 1 aromatic heterocycles. The Hall–Kier alpha value is -1.85. The molecule has 2 amide bonds. The monoisotopic (exact) mass is 193 g/mol. The number of aromatic nitrogens is 2. The Balaban J connectivity index is 2.49. The van der Waals surface area contributed by atoms with E-state index in [9.17, 15) is 4.79 Å². The van der Waals surface area contributed by atoms with Crippen molar-refractivity contribution in [1.29, 1.82) is 0 Å². The Kier molecular flexibility index (Phi) is 1.95. The van der Waals surface area contributed by atoms with Crippen LogP contribution in [0.4, 0.5) is 16.6 Å². The number of hydrogen-bond donors (Lipinski definition) is 2. The fourth-order valence-corrected chi connectivity index (χ4v) is 1.43. The quantitative estimate of drug-likeness (QED) is 0.663. The molecule has 6 heteroatoms. The number of carbonyl (C=O) groups is 1. The highest BCUT2D eigenvalue weighted by Crippen LogP contribution is 2.21. The number of nitrogens with zero attached hydrogens (tertiary/aromatic N) is 3. The van der Waals surface area contributed by atoms with E-state index >= 15 is 0 Å². The molecule has 0 radical (unpaired) electrons. The molecule has 1 aromatic rings. The lowest BCUT2D eigenvalue weighted by molar-refractivity contribution is 0.244. The Labute approximate surface area is 81.1 Å². The van der Waals surface area contributed by atoms with Crippen LogP contribution in [0.1, 0.15) is 12.5 Å². The summed E-state index contributed by atoms with van der Waals surface area (Å²) in [5.74, 6) is 0.806. The Morgan fingerprint density at radius 1 is 1.71 bits per heavy atom. The van der Waals surface area contributed by atoms with Gasteiger partial charge in [-0.25, -0.2) is 9.78 Å². The Bertz CT molecular complexity index is 378. The summed E-state index contributed by atoms with van der Waals surface area (Å²) >= 11 is 0. The summed E-state index contributed by atoms with van der Waals surface area (Å²) in [6, 6.07) is -0.141. The molecule has 0 atom stereocenters. The van der Waals surface area contributed by atoms with Crippen LogP contribution in [0, 0.1) is 0 Å². The Morgan fingerprint density at radius 3 is 3.21 bits per heavy atom. The summed E-state index contributed by atoms with van der Waals surface area (Å²) in [7, 11) is 0. The number of amides is 2. The molecule has 0 bridgehead atoms. The standard InChI is InChI=1S/C8H11N5O/c1-2-13-6-5(4-11-8(13)14)3-10-7(9)12-6/h3H,2,4H2,1H3,(H,11,14)(H2,9,10,12). The first kappa shape index (κ1) is 8.74. The molecule has 14 heavy (non-hydrogen) atoms. The van der Waals surface area contributed by atoms with E-state index in [1.807, 2.05) is 6.92 Å². The SMILES string of the molecule is CCN1C(=O)NCc2cnc(N)nc21. The van der Waals surface area contributed by atoms with Crippen LogP contribution >= 0.6 is 0 Å². The van der Waals surface area contributed by atoms with Crippen LogP contribution in [0.3, 0.4) is 0 Å². The molecule has 0 saturated carbocycles. The van der Waals surface area contributed by atoms with Crippen molar-refractivity contribution < 1.29 is 4.79 Å². The molecule has 1 aliphatic heterocycles. The number of rotatable bonds is 1. The number of nitrogens with one attached hydrogen (secondary N) is 1. The molecule has 0 saturated heterocycles. The molecule has 0 spiro atoms. The molecule has 0 unspecified atom stereocenters. The van der Waals surface area contributed by atoms with E-state index in [4.69, 9.17) is 5.73 Å². The van der Waals surface area contributed by atoms with Crippen molar-refractivity contribution in [2.45, 2.75) is 13.5 Å². The fraction of sp³-hybridized carbons (Fsp3) is 0.375. The van der Waals surface area contributed by atoms with Crippen LogP contribution < -0.4 is 16.0 Å². The van der Waals surface area contributed by atoms with Crippen molar-refractivity contribution in [1.82, 2.24) is 15.3 Å². The third-order valence-corrected chi connectivity index (χ3v) is 2.11. The van der Waals surface area contributed by atoms with Crippen molar-refractivity contribution in [3.63, 3.8) is 0 Å². The second kappa shape index (κ2) is 3.13. The highest BCUT2D eigenvalue weighted by atomic mass is 16.2. The number of fused-ring (bicyclic) bond motifs is 1. The first-order valence-corrected chi connectivity index (χ1v) is 4.39. The first-order valence-electron chi connectivity index (χ1n) is 4.39. The van der Waals surface area contributed by atoms with Gasteiger partial charge in [-0.05, 0) is 6.92 Å². The van der Waals surface area contributed by atoms with Crippen molar-refractivity contribution >= 4 is 17.8 Å². The minimum Gasteiger partial charge on any atom is -0.368 e. The third-order valence-electron chi connectivity index (χ3n) is 2.11. The van der Waals surface area contributed by atoms with E-state index in [1.165, 1.54) is 4.90 Å². The highest BCUT2D eigenvalue weighted by Gasteiger charge is 2.23. The van der Waals surface area contributed by atoms with E-state index in [1.54, 1.807) is 6.20 Å². The molecule has 0 fully saturated rings. The van der Waals surface area contributed by atoms with Crippen LogP contribution in [-0.4, -0.2) is 22.5 Å². The van der Waals surface area contributed by atoms with E-state index in [2.05, 4.69) is 15.3 Å². The molecule has 0 aliphatic carbocycles. The molecule has 1 aliphatic rings. The number of urea groups is 1. The number of hydrogen-bond acceptors (Lipinski definition) is 4. The zero-order valence-corrected chi connectivity index (χ0v) is 7.82. The summed E-state index contributed by atoms with van der Waals surface area (Å²) in [6.07, 6.45) is 1.64. The van der Waals surface area contributed by atoms with Crippen molar-refractivity contribution in [3.05, 3.63) is 11.8 Å². The maximum atomic E-state index is 11.4. The van der Waals surface area contributed by atoms with Gasteiger partial charge in [0.1, 0.15) is 5.82 Å². The summed E-state index contributed by atoms with van der Waals surface area (Å²) in [5, 5.41) is 2.72. The summed E-state index contributed by atoms with van der Waals surface area (Å²) in [4.78, 5) is 20.9. The lowest BCUT2D eigenvalue weighted by Crippen LogP contribution is -2.44. The van der Waals surface area contributed by atoms with Crippen LogP contribution in [-0.2, 0) is 6.54 Å². The minimum absolute atomic E-state index is 0.141. The minimum atomic E-state index is -0.141. The van der Waals surface area contributed by atoms with Gasteiger partial charge in [0.05, 0.1) is 0 Å². The van der Waals surface area contributed by atoms with E-state index < -0.39 is 0 Å². The van der Waals surface area contributed by atoms with E-state index in [0.29, 0.717) is 18.9 Å². The van der Waals surface area contributed by atoms with E-state index in [-0.39, 0.29) is 12.0 Å². The van der Waals surface area contributed by atoms with Crippen molar-refractivity contribution in [3.8, 4) is 0 Å². The third kappa shape index (κ3) is 1.24. The first-order chi connectivity index (χ1) is 6.72. The van der Waals surface area contributed by atoms with Gasteiger partial charge in [0.15, 0.2) is 0 Å². The number of nitrogens with two attached hydrogens (primary N) is 1. The van der Waals surface area contributed by atoms with Gasteiger partial charge >= 0.3 is 6.03 Å². The average molecular weight is 193 g/mol. The van der Waals surface area contributed by atoms with Crippen LogP contribution in [0.5, 0.6) is 0 Å². The van der Waals surface area contributed by atoms with Crippen molar-refractivity contribution in [2.75, 3.05) is 17.2 Å². The smallest absolute Gasteiger partial charge is 0.323 e. The summed E-state index contributed by atoms with van der Waals surface area (Å²) < 4.78 is 0. The van der Waals surface area contributed by atoms with Gasteiger partial charge in [-0.3, -0.25) is 4.90 Å². The van der Waals surface area contributed by atoms with Crippen molar-refractivity contribution in [2.24, 2.45) is 0 Å². The van der Waals surface area contributed by atoms with Gasteiger partial charge in [0.2, 0.25) is 5.95 Å². The highest BCUT2D eigenvalue weighted by molar-refractivity contribution is 5.93. The normalized spacial score (nSPS) is 14.9. The molecule has 6 nitrogen and oxygen atoms in total. The molecular weight excluding hydrogens is 182 g/mol. The molecule has 74 valence electrons. The topological polar surface area (TPSA) is 84.1 Å². The van der Waals surface area contributed by atoms with Gasteiger partial charge in [-0.15, -0.1) is 0 Å². The lowest BCUT2D eigenvalue weighted by Gasteiger charge is -2.27. The number of nitrogen functional groups attached to an aromatic ring is 1. The molecule has 3 N–H and O–H groups in total. The van der Waals surface area contributed by atoms with Crippen LogP contribution in [0.15, 0.2) is 6.20 Å². The zero-order valence-electron chi connectivity index (χ0n) is 7.82. The average Bonchev–Trinajstić information content (AvgIpc) is 2.17. The zero-order chi connectivity index (χ0) is 10.1. The predicted octanol–water partition coefficient (Wildman–Crippen LogP) is 0.108. The summed E-state index contributed by atoms with van der Waals surface area (Å²) in [6.45, 7) is 2.91. The van der Waals surface area contributed by atoms with Gasteiger partial charge in [-0.2, -0.15) is 4.98 Å². The predicted molar refractivity (Wildman–Crippen MR) is 51.7 cm³/mol. The second-order valence-corrected chi connectivity index (χ2v) is 2.98. The molecule has 2 heterocycles. The second-order valence-electron chi connectivity index (χ2n) is 2.98. The van der Waals surface area contributed by atoms with Crippen LogP contribution in [0.2, 0.25) is 0 Å². The molecular formula is C8H11N5O. The maximum absolute atomic E-state index is 11.4. The fourth-order valence-electron chi connectivity index (χ4n) is 1.43. The maximum Gasteiger partial charge on any atom is 0.323 e. The lowest BCUT2D eigenvalue weighted by atomic mass is 10.2. The summed E-state index contributed by atoms with van der Waals surface area (Å²) in [5.41, 5.74) is 6.35. The Morgan fingerprint density at radius 2 is 2.50 bits per heavy atom. The number of anilines is 2. The van der Waals surface area contributed by atoms with Gasteiger partial charge in [-0.1, -0.05) is 0 Å². The van der Waals surface area contributed by atoms with Gasteiger partial charge in [0, 0.05) is 24.8 Å². The van der Waals surface area contributed by atoms with Gasteiger partial charge in [0.25, 0.3) is 0 Å². The van der Waals surface area contributed by atoms with Gasteiger partial charge < -0.3 is 11.1 Å².